The number of aliphatic hydroxyl groups is 1. The molecule has 74 valence electrons. The van der Waals surface area contributed by atoms with Gasteiger partial charge in [0.15, 0.2) is 5.65 Å². The minimum atomic E-state index is 0.0501. The third-order valence-electron chi connectivity index (χ3n) is 2.52. The van der Waals surface area contributed by atoms with Crippen LogP contribution < -0.4 is 0 Å². The number of rotatable bonds is 1. The number of aromatic nitrogens is 3. The second-order valence-electron chi connectivity index (χ2n) is 3.44. The van der Waals surface area contributed by atoms with Crippen molar-refractivity contribution in [2.24, 2.45) is 0 Å². The normalized spacial score (nSPS) is 11.3. The molecule has 0 radical (unpaired) electrons. The highest BCUT2D eigenvalue weighted by Crippen LogP contribution is 2.17. The largest absolute Gasteiger partial charge is 0.392 e. The van der Waals surface area contributed by atoms with Crippen LogP contribution in [0.5, 0.6) is 0 Å². The lowest BCUT2D eigenvalue weighted by Gasteiger charge is -2.02. The van der Waals surface area contributed by atoms with Gasteiger partial charge in [-0.1, -0.05) is 12.1 Å². The van der Waals surface area contributed by atoms with Crippen LogP contribution in [0.25, 0.3) is 16.6 Å². The Morgan fingerprint density at radius 2 is 2.07 bits per heavy atom. The molecule has 0 aliphatic rings. The predicted molar refractivity (Wildman–Crippen MR) is 56.4 cm³/mol. The van der Waals surface area contributed by atoms with Crippen molar-refractivity contribution in [3.05, 3.63) is 42.2 Å². The zero-order valence-electron chi connectivity index (χ0n) is 7.96. The van der Waals surface area contributed by atoms with Gasteiger partial charge in [-0.25, -0.2) is 0 Å². The summed E-state index contributed by atoms with van der Waals surface area (Å²) < 4.78 is 1.91. The van der Waals surface area contributed by atoms with Crippen LogP contribution in [-0.2, 0) is 6.61 Å². The van der Waals surface area contributed by atoms with Crippen LogP contribution in [0.1, 0.15) is 5.56 Å². The van der Waals surface area contributed by atoms with E-state index in [1.54, 1.807) is 6.33 Å². The smallest absolute Gasteiger partial charge is 0.161 e. The Kier molecular flexibility index (Phi) is 1.69. The summed E-state index contributed by atoms with van der Waals surface area (Å²) in [7, 11) is 0. The predicted octanol–water partition coefficient (Wildman–Crippen LogP) is 1.37. The monoisotopic (exact) mass is 199 g/mol. The fourth-order valence-electron chi connectivity index (χ4n) is 1.74. The number of benzene rings is 1. The van der Waals surface area contributed by atoms with E-state index in [-0.39, 0.29) is 6.61 Å². The summed E-state index contributed by atoms with van der Waals surface area (Å²) in [6.07, 6.45) is 1.68. The van der Waals surface area contributed by atoms with Crippen molar-refractivity contribution in [1.29, 1.82) is 0 Å². The molecule has 0 atom stereocenters. The van der Waals surface area contributed by atoms with Crippen LogP contribution in [-0.4, -0.2) is 19.7 Å². The summed E-state index contributed by atoms with van der Waals surface area (Å²) in [5.41, 5.74) is 2.73. The molecule has 0 aliphatic carbocycles. The first-order valence-electron chi connectivity index (χ1n) is 4.71. The zero-order valence-corrected chi connectivity index (χ0v) is 7.96. The van der Waals surface area contributed by atoms with Crippen molar-refractivity contribution in [1.82, 2.24) is 14.6 Å². The SMILES string of the molecule is OCc1ccc2ccc3nncn3c2c1. The highest BCUT2D eigenvalue weighted by molar-refractivity contribution is 5.82. The molecule has 1 aromatic carbocycles. The average Bonchev–Trinajstić information content (AvgIpc) is 2.76. The number of nitrogens with zero attached hydrogens (tertiary/aromatic N) is 3. The Morgan fingerprint density at radius 1 is 1.20 bits per heavy atom. The molecule has 0 fully saturated rings. The number of hydrogen-bond acceptors (Lipinski definition) is 3. The number of fused-ring (bicyclic) bond motifs is 3. The van der Waals surface area contributed by atoms with E-state index in [1.165, 1.54) is 0 Å². The second-order valence-corrected chi connectivity index (χ2v) is 3.44. The Labute approximate surface area is 85.8 Å². The Balaban J connectivity index is 2.48. The van der Waals surface area contributed by atoms with Gasteiger partial charge in [0.25, 0.3) is 0 Å². The molecule has 0 bridgehead atoms. The van der Waals surface area contributed by atoms with E-state index in [9.17, 15) is 0 Å². The Bertz CT molecular complexity index is 630. The number of pyridine rings is 1. The molecule has 0 amide bonds. The van der Waals surface area contributed by atoms with Crippen LogP contribution in [0.4, 0.5) is 0 Å². The quantitative estimate of drug-likeness (QED) is 0.644. The fraction of sp³-hybridized carbons (Fsp3) is 0.0909. The minimum absolute atomic E-state index is 0.0501. The maximum atomic E-state index is 9.08. The molecule has 3 aromatic rings. The van der Waals surface area contributed by atoms with Gasteiger partial charge in [0, 0.05) is 0 Å². The van der Waals surface area contributed by atoms with E-state index in [1.807, 2.05) is 34.7 Å². The molecule has 0 saturated carbocycles. The third kappa shape index (κ3) is 1.19. The highest BCUT2D eigenvalue weighted by atomic mass is 16.3. The van der Waals surface area contributed by atoms with Gasteiger partial charge in [0.05, 0.1) is 12.1 Å². The van der Waals surface area contributed by atoms with Crippen molar-refractivity contribution in [2.45, 2.75) is 6.61 Å². The molecule has 4 nitrogen and oxygen atoms in total. The van der Waals surface area contributed by atoms with Gasteiger partial charge < -0.3 is 5.11 Å². The number of hydrogen-bond donors (Lipinski definition) is 1. The fourth-order valence-corrected chi connectivity index (χ4v) is 1.74. The van der Waals surface area contributed by atoms with Crippen LogP contribution in [0.2, 0.25) is 0 Å². The summed E-state index contributed by atoms with van der Waals surface area (Å²) in [6, 6.07) is 9.78. The summed E-state index contributed by atoms with van der Waals surface area (Å²) in [5.74, 6) is 0. The molecule has 3 rings (SSSR count). The standard InChI is InChI=1S/C11H9N3O/c15-6-8-1-2-9-3-4-11-13-12-7-14(11)10(9)5-8/h1-5,7,15H,6H2. The lowest BCUT2D eigenvalue weighted by molar-refractivity contribution is 0.282. The summed E-state index contributed by atoms with van der Waals surface area (Å²) >= 11 is 0. The van der Waals surface area contributed by atoms with Crippen molar-refractivity contribution in [3.63, 3.8) is 0 Å². The maximum absolute atomic E-state index is 9.08. The van der Waals surface area contributed by atoms with Crippen LogP contribution in [0, 0.1) is 0 Å². The van der Waals surface area contributed by atoms with Crippen molar-refractivity contribution >= 4 is 16.6 Å². The summed E-state index contributed by atoms with van der Waals surface area (Å²) in [4.78, 5) is 0. The molecule has 0 spiro atoms. The first-order chi connectivity index (χ1) is 7.38. The van der Waals surface area contributed by atoms with E-state index in [0.717, 1.165) is 22.1 Å². The lowest BCUT2D eigenvalue weighted by Crippen LogP contribution is -1.89. The second kappa shape index (κ2) is 3.03. The van der Waals surface area contributed by atoms with E-state index in [2.05, 4.69) is 10.2 Å². The minimum Gasteiger partial charge on any atom is -0.392 e. The molecule has 0 aliphatic heterocycles. The van der Waals surface area contributed by atoms with Crippen LogP contribution in [0.15, 0.2) is 36.7 Å². The molecule has 2 aromatic heterocycles. The molecule has 0 saturated heterocycles. The Hall–Kier alpha value is -1.94. The first-order valence-corrected chi connectivity index (χ1v) is 4.71. The zero-order chi connectivity index (χ0) is 10.3. The molecule has 15 heavy (non-hydrogen) atoms. The third-order valence-corrected chi connectivity index (χ3v) is 2.52. The Morgan fingerprint density at radius 3 is 2.93 bits per heavy atom. The van der Waals surface area contributed by atoms with Gasteiger partial charge in [-0.3, -0.25) is 4.40 Å². The van der Waals surface area contributed by atoms with Crippen molar-refractivity contribution < 1.29 is 5.11 Å². The average molecular weight is 199 g/mol. The molecule has 0 unspecified atom stereocenters. The highest BCUT2D eigenvalue weighted by Gasteiger charge is 2.01. The van der Waals surface area contributed by atoms with E-state index < -0.39 is 0 Å². The van der Waals surface area contributed by atoms with Gasteiger partial charge in [0.2, 0.25) is 0 Å². The van der Waals surface area contributed by atoms with Crippen molar-refractivity contribution in [3.8, 4) is 0 Å². The summed E-state index contributed by atoms with van der Waals surface area (Å²) in [5, 5.41) is 18.0. The summed E-state index contributed by atoms with van der Waals surface area (Å²) in [6.45, 7) is 0.0501. The molecule has 2 heterocycles. The van der Waals surface area contributed by atoms with Gasteiger partial charge in [-0.15, -0.1) is 10.2 Å². The van der Waals surface area contributed by atoms with Gasteiger partial charge in [-0.05, 0) is 29.1 Å². The van der Waals surface area contributed by atoms with E-state index in [0.29, 0.717) is 0 Å². The lowest BCUT2D eigenvalue weighted by atomic mass is 10.1. The van der Waals surface area contributed by atoms with Gasteiger partial charge in [0.1, 0.15) is 6.33 Å². The first kappa shape index (κ1) is 8.38. The van der Waals surface area contributed by atoms with Crippen molar-refractivity contribution in [2.75, 3.05) is 0 Å². The van der Waals surface area contributed by atoms with E-state index >= 15 is 0 Å². The van der Waals surface area contributed by atoms with E-state index in [4.69, 9.17) is 5.11 Å². The maximum Gasteiger partial charge on any atom is 0.161 e. The van der Waals surface area contributed by atoms with Gasteiger partial charge in [-0.2, -0.15) is 0 Å². The molecule has 4 heteroatoms. The number of aliphatic hydroxyl groups excluding tert-OH is 1. The van der Waals surface area contributed by atoms with Crippen LogP contribution >= 0.6 is 0 Å². The topological polar surface area (TPSA) is 50.4 Å². The van der Waals surface area contributed by atoms with Gasteiger partial charge >= 0.3 is 0 Å². The molecular formula is C11H9N3O. The van der Waals surface area contributed by atoms with Crippen LogP contribution in [0.3, 0.4) is 0 Å². The molecule has 1 N–H and O–H groups in total. The molecular weight excluding hydrogens is 190 g/mol.